The molecule has 22 heavy (non-hydrogen) atoms. The van der Waals surface area contributed by atoms with Gasteiger partial charge in [0.25, 0.3) is 0 Å². The van der Waals surface area contributed by atoms with Crippen LogP contribution in [0, 0.1) is 5.92 Å². The third-order valence-corrected chi connectivity index (χ3v) is 5.03. The largest absolute Gasteiger partial charge is 0.493 e. The molecule has 0 aromatic heterocycles. The second-order valence-electron chi connectivity index (χ2n) is 6.19. The maximum atomic E-state index is 5.37. The van der Waals surface area contributed by atoms with Crippen LogP contribution in [0.2, 0.25) is 0 Å². The lowest BCUT2D eigenvalue weighted by molar-refractivity contribution is 0.354. The van der Waals surface area contributed by atoms with E-state index in [9.17, 15) is 0 Å². The standard InChI is InChI=1S/C19H21NO2/c1-21-16-8-7-12(9-17(16)22-2)11-20-19-15-10-13-5-3-4-6-14(13)18(15)19/h3-9,15,18-20H,10-11H2,1-2H3. The fourth-order valence-electron chi connectivity index (χ4n) is 3.86. The normalized spacial score (nSPS) is 24.5. The number of hydrogen-bond acceptors (Lipinski definition) is 3. The summed E-state index contributed by atoms with van der Waals surface area (Å²) in [6.45, 7) is 0.875. The fourth-order valence-corrected chi connectivity index (χ4v) is 3.86. The van der Waals surface area contributed by atoms with Gasteiger partial charge in [-0.05, 0) is 41.2 Å². The smallest absolute Gasteiger partial charge is 0.161 e. The van der Waals surface area contributed by atoms with E-state index in [0.717, 1.165) is 29.9 Å². The highest BCUT2D eigenvalue weighted by atomic mass is 16.5. The fraction of sp³-hybridized carbons (Fsp3) is 0.368. The van der Waals surface area contributed by atoms with Crippen LogP contribution in [0.1, 0.15) is 22.6 Å². The molecule has 0 heterocycles. The highest BCUT2D eigenvalue weighted by molar-refractivity contribution is 5.46. The lowest BCUT2D eigenvalue weighted by Gasteiger charge is -2.12. The minimum Gasteiger partial charge on any atom is -0.493 e. The number of rotatable bonds is 5. The van der Waals surface area contributed by atoms with Crippen LogP contribution >= 0.6 is 0 Å². The van der Waals surface area contributed by atoms with Gasteiger partial charge in [-0.1, -0.05) is 30.3 Å². The van der Waals surface area contributed by atoms with Crippen molar-refractivity contribution in [3.63, 3.8) is 0 Å². The molecule has 2 aliphatic rings. The summed E-state index contributed by atoms with van der Waals surface area (Å²) in [5.74, 6) is 3.08. The Morgan fingerprint density at radius 2 is 1.86 bits per heavy atom. The van der Waals surface area contributed by atoms with Crippen molar-refractivity contribution in [3.8, 4) is 11.5 Å². The van der Waals surface area contributed by atoms with E-state index in [1.54, 1.807) is 25.3 Å². The highest BCUT2D eigenvalue weighted by Gasteiger charge is 2.54. The van der Waals surface area contributed by atoms with Crippen molar-refractivity contribution in [2.75, 3.05) is 14.2 Å². The monoisotopic (exact) mass is 295 g/mol. The van der Waals surface area contributed by atoms with E-state index in [0.29, 0.717) is 6.04 Å². The summed E-state index contributed by atoms with van der Waals surface area (Å²) in [6, 6.07) is 15.6. The van der Waals surface area contributed by atoms with E-state index in [2.05, 4.69) is 41.7 Å². The molecule has 2 aromatic carbocycles. The Labute approximate surface area is 131 Å². The molecule has 114 valence electrons. The van der Waals surface area contributed by atoms with E-state index < -0.39 is 0 Å². The molecule has 3 atom stereocenters. The van der Waals surface area contributed by atoms with Crippen LogP contribution in [0.15, 0.2) is 42.5 Å². The molecule has 2 aliphatic carbocycles. The van der Waals surface area contributed by atoms with E-state index in [1.165, 1.54) is 12.0 Å². The van der Waals surface area contributed by atoms with Gasteiger partial charge >= 0.3 is 0 Å². The minimum atomic E-state index is 0.628. The Balaban J connectivity index is 1.41. The second-order valence-corrected chi connectivity index (χ2v) is 6.19. The topological polar surface area (TPSA) is 30.5 Å². The lowest BCUT2D eigenvalue weighted by Crippen LogP contribution is -2.20. The molecule has 1 saturated carbocycles. The van der Waals surface area contributed by atoms with Gasteiger partial charge in [-0.15, -0.1) is 0 Å². The second kappa shape index (κ2) is 5.33. The van der Waals surface area contributed by atoms with Crippen molar-refractivity contribution in [1.82, 2.24) is 5.32 Å². The first-order valence-electron chi connectivity index (χ1n) is 7.84. The van der Waals surface area contributed by atoms with E-state index in [1.807, 2.05) is 6.07 Å². The van der Waals surface area contributed by atoms with Crippen LogP contribution in [-0.4, -0.2) is 20.3 Å². The Kier molecular flexibility index (Phi) is 3.30. The van der Waals surface area contributed by atoms with Crippen LogP contribution in [0.4, 0.5) is 0 Å². The van der Waals surface area contributed by atoms with Gasteiger partial charge < -0.3 is 14.8 Å². The Hall–Kier alpha value is -2.00. The Bertz CT molecular complexity index is 698. The van der Waals surface area contributed by atoms with Crippen LogP contribution in [0.3, 0.4) is 0 Å². The zero-order valence-corrected chi connectivity index (χ0v) is 13.0. The van der Waals surface area contributed by atoms with Crippen LogP contribution < -0.4 is 14.8 Å². The van der Waals surface area contributed by atoms with E-state index >= 15 is 0 Å². The van der Waals surface area contributed by atoms with Crippen molar-refractivity contribution in [1.29, 1.82) is 0 Å². The van der Waals surface area contributed by atoms with Crippen molar-refractivity contribution in [3.05, 3.63) is 59.2 Å². The molecule has 0 spiro atoms. The predicted octanol–water partition coefficient (Wildman–Crippen LogP) is 3.13. The Morgan fingerprint density at radius 3 is 2.68 bits per heavy atom. The molecule has 3 unspecified atom stereocenters. The molecule has 1 fully saturated rings. The van der Waals surface area contributed by atoms with E-state index in [-0.39, 0.29) is 0 Å². The molecule has 0 amide bonds. The third-order valence-electron chi connectivity index (χ3n) is 5.03. The van der Waals surface area contributed by atoms with Gasteiger partial charge in [-0.3, -0.25) is 0 Å². The van der Waals surface area contributed by atoms with Gasteiger partial charge in [-0.25, -0.2) is 0 Å². The first-order valence-corrected chi connectivity index (χ1v) is 7.84. The molecule has 2 aromatic rings. The summed E-state index contributed by atoms with van der Waals surface area (Å²) in [5.41, 5.74) is 4.33. The molecule has 4 rings (SSSR count). The SMILES string of the molecule is COc1ccc(CNC2C3Cc4ccccc4C32)cc1OC. The van der Waals surface area contributed by atoms with Crippen molar-refractivity contribution < 1.29 is 9.47 Å². The lowest BCUT2D eigenvalue weighted by atomic mass is 10.1. The number of methoxy groups -OCH3 is 2. The number of fused-ring (bicyclic) bond motifs is 3. The van der Waals surface area contributed by atoms with Crippen LogP contribution in [0.25, 0.3) is 0 Å². The summed E-state index contributed by atoms with van der Waals surface area (Å²) in [4.78, 5) is 0. The molecule has 0 saturated heterocycles. The molecule has 0 bridgehead atoms. The zero-order valence-electron chi connectivity index (χ0n) is 13.0. The number of benzene rings is 2. The number of nitrogens with one attached hydrogen (secondary N) is 1. The summed E-state index contributed by atoms with van der Waals surface area (Å²) in [6.07, 6.45) is 1.23. The molecule has 1 N–H and O–H groups in total. The zero-order chi connectivity index (χ0) is 15.1. The minimum absolute atomic E-state index is 0.628. The first kappa shape index (κ1) is 13.6. The highest BCUT2D eigenvalue weighted by Crippen LogP contribution is 2.56. The van der Waals surface area contributed by atoms with Crippen LogP contribution in [-0.2, 0) is 13.0 Å². The predicted molar refractivity (Wildman–Crippen MR) is 86.6 cm³/mol. The van der Waals surface area contributed by atoms with Gasteiger partial charge in [0.2, 0.25) is 0 Å². The maximum Gasteiger partial charge on any atom is 0.161 e. The number of hydrogen-bond donors (Lipinski definition) is 1. The van der Waals surface area contributed by atoms with Crippen molar-refractivity contribution in [2.45, 2.75) is 24.9 Å². The van der Waals surface area contributed by atoms with Gasteiger partial charge in [0.15, 0.2) is 11.5 Å². The van der Waals surface area contributed by atoms with Gasteiger partial charge in [0.05, 0.1) is 14.2 Å². The van der Waals surface area contributed by atoms with Crippen LogP contribution in [0.5, 0.6) is 11.5 Å². The Morgan fingerprint density at radius 1 is 1.05 bits per heavy atom. The summed E-state index contributed by atoms with van der Waals surface area (Å²) in [7, 11) is 3.34. The molecule has 3 heteroatoms. The quantitative estimate of drug-likeness (QED) is 0.919. The van der Waals surface area contributed by atoms with Gasteiger partial charge in [-0.2, -0.15) is 0 Å². The maximum absolute atomic E-state index is 5.37. The third kappa shape index (κ3) is 2.17. The molecular formula is C19H21NO2. The average molecular weight is 295 g/mol. The molecular weight excluding hydrogens is 274 g/mol. The van der Waals surface area contributed by atoms with E-state index in [4.69, 9.17) is 9.47 Å². The molecule has 0 aliphatic heterocycles. The van der Waals surface area contributed by atoms with Gasteiger partial charge in [0, 0.05) is 18.5 Å². The van der Waals surface area contributed by atoms with Crippen molar-refractivity contribution >= 4 is 0 Å². The summed E-state index contributed by atoms with van der Waals surface area (Å²) >= 11 is 0. The number of ether oxygens (including phenoxy) is 2. The average Bonchev–Trinajstić information content (AvgIpc) is 3.11. The first-order chi connectivity index (χ1) is 10.8. The molecule has 0 radical (unpaired) electrons. The summed E-state index contributed by atoms with van der Waals surface area (Å²) in [5, 5.41) is 3.71. The van der Waals surface area contributed by atoms with Crippen molar-refractivity contribution in [2.24, 2.45) is 5.92 Å². The van der Waals surface area contributed by atoms with Gasteiger partial charge in [0.1, 0.15) is 0 Å². The summed E-state index contributed by atoms with van der Waals surface area (Å²) < 4.78 is 10.7. The molecule has 3 nitrogen and oxygen atoms in total.